The minimum absolute atomic E-state index is 0.451. The maximum atomic E-state index is 5.43. The van der Waals surface area contributed by atoms with Crippen molar-refractivity contribution in [3.63, 3.8) is 0 Å². The van der Waals surface area contributed by atoms with Gasteiger partial charge in [0.2, 0.25) is 0 Å². The largest absolute Gasteiger partial charge is 0.380 e. The predicted molar refractivity (Wildman–Crippen MR) is 68.8 cm³/mol. The van der Waals surface area contributed by atoms with Gasteiger partial charge >= 0.3 is 0 Å². The van der Waals surface area contributed by atoms with E-state index in [0.29, 0.717) is 18.1 Å². The Morgan fingerprint density at radius 1 is 1.44 bits per heavy atom. The van der Waals surface area contributed by atoms with E-state index in [1.54, 1.807) is 0 Å². The van der Waals surface area contributed by atoms with Crippen molar-refractivity contribution in [3.05, 3.63) is 0 Å². The van der Waals surface area contributed by atoms with Gasteiger partial charge in [-0.15, -0.1) is 0 Å². The molecule has 1 saturated heterocycles. The number of nitrogens with one attached hydrogen (secondary N) is 1. The summed E-state index contributed by atoms with van der Waals surface area (Å²) in [6.45, 7) is 11.4. The van der Waals surface area contributed by atoms with E-state index in [1.165, 1.54) is 19.4 Å². The molecule has 0 aliphatic carbocycles. The summed E-state index contributed by atoms with van der Waals surface area (Å²) in [5.74, 6) is 0.708. The molecule has 1 heterocycles. The van der Waals surface area contributed by atoms with E-state index in [9.17, 15) is 0 Å². The summed E-state index contributed by atoms with van der Waals surface area (Å²) in [5, 5.41) is 3.54. The zero-order valence-electron chi connectivity index (χ0n) is 11.3. The van der Waals surface area contributed by atoms with E-state index in [2.05, 4.69) is 31.0 Å². The van der Waals surface area contributed by atoms with Crippen molar-refractivity contribution in [1.29, 1.82) is 0 Å². The van der Waals surface area contributed by atoms with Gasteiger partial charge in [0.25, 0.3) is 0 Å². The molecular formula is C13H28N2O. The number of ether oxygens (including phenoxy) is 1. The van der Waals surface area contributed by atoms with Gasteiger partial charge in [-0.1, -0.05) is 20.8 Å². The van der Waals surface area contributed by atoms with E-state index in [-0.39, 0.29) is 0 Å². The fourth-order valence-electron chi connectivity index (χ4n) is 2.46. The first-order valence-electron chi connectivity index (χ1n) is 6.66. The van der Waals surface area contributed by atoms with Gasteiger partial charge in [0.05, 0.1) is 6.10 Å². The summed E-state index contributed by atoms with van der Waals surface area (Å²) in [6, 6.07) is 0.659. The molecule has 1 fully saturated rings. The topological polar surface area (TPSA) is 24.5 Å². The second kappa shape index (κ2) is 7.25. The van der Waals surface area contributed by atoms with Crippen molar-refractivity contribution in [2.24, 2.45) is 5.92 Å². The fraction of sp³-hybridized carbons (Fsp3) is 1.00. The molecule has 0 aromatic rings. The maximum absolute atomic E-state index is 5.43. The Morgan fingerprint density at radius 3 is 2.69 bits per heavy atom. The monoisotopic (exact) mass is 228 g/mol. The number of hydrogen-bond donors (Lipinski definition) is 1. The third-order valence-corrected chi connectivity index (χ3v) is 3.53. The predicted octanol–water partition coefficient (Wildman–Crippen LogP) is 1.73. The van der Waals surface area contributed by atoms with Crippen LogP contribution in [0.1, 0.15) is 33.6 Å². The molecule has 1 N–H and O–H groups in total. The highest BCUT2D eigenvalue weighted by Crippen LogP contribution is 2.19. The second-order valence-corrected chi connectivity index (χ2v) is 5.16. The summed E-state index contributed by atoms with van der Waals surface area (Å²) in [6.07, 6.45) is 2.85. The highest BCUT2D eigenvalue weighted by atomic mass is 16.5. The lowest BCUT2D eigenvalue weighted by molar-refractivity contribution is 0.0942. The van der Waals surface area contributed by atoms with Gasteiger partial charge in [-0.3, -0.25) is 4.90 Å². The molecule has 1 rings (SSSR count). The molecule has 96 valence electrons. The molecule has 0 aromatic heterocycles. The first-order chi connectivity index (χ1) is 7.69. The van der Waals surface area contributed by atoms with E-state index < -0.39 is 0 Å². The Morgan fingerprint density at radius 2 is 2.19 bits per heavy atom. The average Bonchev–Trinajstić information content (AvgIpc) is 2.72. The van der Waals surface area contributed by atoms with Crippen molar-refractivity contribution < 1.29 is 4.74 Å². The van der Waals surface area contributed by atoms with Crippen LogP contribution in [0.2, 0.25) is 0 Å². The zero-order valence-corrected chi connectivity index (χ0v) is 11.3. The molecule has 1 aliphatic heterocycles. The number of rotatable bonds is 7. The van der Waals surface area contributed by atoms with Crippen LogP contribution in [0.15, 0.2) is 0 Å². The third-order valence-electron chi connectivity index (χ3n) is 3.53. The van der Waals surface area contributed by atoms with Crippen LogP contribution in [0, 0.1) is 5.92 Å². The molecule has 0 radical (unpaired) electrons. The molecule has 3 nitrogen and oxygen atoms in total. The molecule has 0 saturated carbocycles. The highest BCUT2D eigenvalue weighted by molar-refractivity contribution is 4.84. The zero-order chi connectivity index (χ0) is 12.0. The first-order valence-corrected chi connectivity index (χ1v) is 6.66. The molecule has 0 bridgehead atoms. The summed E-state index contributed by atoms with van der Waals surface area (Å²) in [5.41, 5.74) is 0. The van der Waals surface area contributed by atoms with Crippen LogP contribution in [0.3, 0.4) is 0 Å². The Kier molecular flexibility index (Phi) is 6.32. The SMILES string of the molecule is CCCNCC(C(C)C)N1CCC(OC)C1. The molecule has 3 heteroatoms. The van der Waals surface area contributed by atoms with E-state index in [4.69, 9.17) is 4.74 Å². The molecule has 0 spiro atoms. The van der Waals surface area contributed by atoms with Crippen molar-refractivity contribution in [2.75, 3.05) is 33.3 Å². The first kappa shape index (κ1) is 13.9. The van der Waals surface area contributed by atoms with Crippen LogP contribution < -0.4 is 5.32 Å². The lowest BCUT2D eigenvalue weighted by Crippen LogP contribution is -2.45. The Labute approximate surface area is 101 Å². The van der Waals surface area contributed by atoms with Gasteiger partial charge in [-0.2, -0.15) is 0 Å². The summed E-state index contributed by atoms with van der Waals surface area (Å²) in [7, 11) is 1.83. The standard InChI is InChI=1S/C13H28N2O/c1-5-7-14-9-13(11(2)3)15-8-6-12(10-15)16-4/h11-14H,5-10H2,1-4H3. The minimum atomic E-state index is 0.451. The lowest BCUT2D eigenvalue weighted by Gasteiger charge is -2.31. The van der Waals surface area contributed by atoms with Crippen molar-refractivity contribution in [3.8, 4) is 0 Å². The normalized spacial score (nSPS) is 24.2. The van der Waals surface area contributed by atoms with E-state index in [0.717, 1.165) is 19.6 Å². The van der Waals surface area contributed by atoms with Crippen molar-refractivity contribution in [1.82, 2.24) is 10.2 Å². The van der Waals surface area contributed by atoms with Crippen LogP contribution in [-0.2, 0) is 4.74 Å². The number of hydrogen-bond acceptors (Lipinski definition) is 3. The van der Waals surface area contributed by atoms with Crippen LogP contribution in [0.25, 0.3) is 0 Å². The molecule has 0 aromatic carbocycles. The van der Waals surface area contributed by atoms with Crippen LogP contribution in [0.4, 0.5) is 0 Å². The van der Waals surface area contributed by atoms with Crippen molar-refractivity contribution >= 4 is 0 Å². The Bertz CT molecular complexity index is 185. The Hall–Kier alpha value is -0.120. The molecule has 2 atom stereocenters. The van der Waals surface area contributed by atoms with Gasteiger partial charge in [0, 0.05) is 32.8 Å². The van der Waals surface area contributed by atoms with Crippen LogP contribution in [0.5, 0.6) is 0 Å². The second-order valence-electron chi connectivity index (χ2n) is 5.16. The van der Waals surface area contributed by atoms with Crippen molar-refractivity contribution in [2.45, 2.75) is 45.8 Å². The Balaban J connectivity index is 2.38. The number of likely N-dealkylation sites (tertiary alicyclic amines) is 1. The number of methoxy groups -OCH3 is 1. The van der Waals surface area contributed by atoms with Gasteiger partial charge in [0.15, 0.2) is 0 Å². The van der Waals surface area contributed by atoms with Crippen LogP contribution >= 0.6 is 0 Å². The van der Waals surface area contributed by atoms with E-state index >= 15 is 0 Å². The van der Waals surface area contributed by atoms with Gasteiger partial charge < -0.3 is 10.1 Å². The molecule has 16 heavy (non-hydrogen) atoms. The van der Waals surface area contributed by atoms with E-state index in [1.807, 2.05) is 7.11 Å². The summed E-state index contributed by atoms with van der Waals surface area (Å²) < 4.78 is 5.43. The third kappa shape index (κ3) is 4.04. The maximum Gasteiger partial charge on any atom is 0.0710 e. The fourth-order valence-corrected chi connectivity index (χ4v) is 2.46. The smallest absolute Gasteiger partial charge is 0.0710 e. The summed E-state index contributed by atoms with van der Waals surface area (Å²) >= 11 is 0. The highest BCUT2D eigenvalue weighted by Gasteiger charge is 2.29. The lowest BCUT2D eigenvalue weighted by atomic mass is 10.0. The molecule has 0 amide bonds. The average molecular weight is 228 g/mol. The molecule has 1 aliphatic rings. The summed E-state index contributed by atoms with van der Waals surface area (Å²) in [4.78, 5) is 2.58. The molecule has 2 unspecified atom stereocenters. The van der Waals surface area contributed by atoms with Gasteiger partial charge in [-0.25, -0.2) is 0 Å². The van der Waals surface area contributed by atoms with Gasteiger partial charge in [-0.05, 0) is 25.3 Å². The minimum Gasteiger partial charge on any atom is -0.380 e. The van der Waals surface area contributed by atoms with Gasteiger partial charge in [0.1, 0.15) is 0 Å². The molecular weight excluding hydrogens is 200 g/mol. The number of nitrogens with zero attached hydrogens (tertiary/aromatic N) is 1. The van der Waals surface area contributed by atoms with Crippen LogP contribution in [-0.4, -0.2) is 50.3 Å². The quantitative estimate of drug-likeness (QED) is 0.672.